The highest BCUT2D eigenvalue weighted by Crippen LogP contribution is 2.18. The second kappa shape index (κ2) is 8.13. The Labute approximate surface area is 106 Å². The monoisotopic (exact) mass is 234 g/mol. The van der Waals surface area contributed by atoms with Crippen molar-refractivity contribution in [1.82, 2.24) is 0 Å². The second-order valence-electron chi connectivity index (χ2n) is 4.76. The summed E-state index contributed by atoms with van der Waals surface area (Å²) in [5, 5.41) is 0. The maximum atomic E-state index is 5.48. The summed E-state index contributed by atoms with van der Waals surface area (Å²) in [6, 6.07) is 8.58. The Morgan fingerprint density at radius 3 is 2.35 bits per heavy atom. The molecule has 0 fully saturated rings. The van der Waals surface area contributed by atoms with Crippen LogP contribution in [0.3, 0.4) is 0 Å². The minimum Gasteiger partial charge on any atom is -0.374 e. The molecule has 0 spiro atoms. The molecule has 2 N–H and O–H groups in total. The molecule has 0 aliphatic heterocycles. The number of nitrogens with two attached hydrogens (primary N) is 1. The Kier molecular flexibility index (Phi) is 6.71. The molecule has 0 heterocycles. The van der Waals surface area contributed by atoms with Gasteiger partial charge in [-0.3, -0.25) is 0 Å². The molecule has 0 bridgehead atoms. The van der Waals surface area contributed by atoms with Crippen molar-refractivity contribution >= 4 is 5.69 Å². The van der Waals surface area contributed by atoms with Gasteiger partial charge >= 0.3 is 0 Å². The van der Waals surface area contributed by atoms with Crippen LogP contribution in [0.4, 0.5) is 5.69 Å². The third kappa shape index (κ3) is 5.22. The molecule has 17 heavy (non-hydrogen) atoms. The van der Waals surface area contributed by atoms with Gasteiger partial charge in [-0.05, 0) is 37.9 Å². The van der Waals surface area contributed by atoms with Crippen molar-refractivity contribution in [2.75, 3.05) is 25.0 Å². The zero-order valence-electron chi connectivity index (χ0n) is 11.3. The van der Waals surface area contributed by atoms with E-state index in [9.17, 15) is 0 Å². The molecule has 0 unspecified atom stereocenters. The molecule has 1 aromatic carbocycles. The van der Waals surface area contributed by atoms with Crippen molar-refractivity contribution in [2.45, 2.75) is 39.0 Å². The van der Waals surface area contributed by atoms with Crippen LogP contribution in [0, 0.1) is 6.92 Å². The largest absolute Gasteiger partial charge is 0.374 e. The minimum atomic E-state index is 0.836. The first-order valence-electron chi connectivity index (χ1n) is 6.72. The number of nitrogens with zero attached hydrogens (tertiary/aromatic N) is 1. The predicted molar refractivity (Wildman–Crippen MR) is 76.6 cm³/mol. The summed E-state index contributed by atoms with van der Waals surface area (Å²) in [6.45, 7) is 4.16. The minimum absolute atomic E-state index is 0.836. The van der Waals surface area contributed by atoms with Gasteiger partial charge < -0.3 is 10.6 Å². The molecule has 0 saturated heterocycles. The topological polar surface area (TPSA) is 29.3 Å². The predicted octanol–water partition coefficient (Wildman–Crippen LogP) is 3.34. The van der Waals surface area contributed by atoms with Crippen LogP contribution in [0.2, 0.25) is 0 Å². The smallest absolute Gasteiger partial charge is 0.0393 e. The Morgan fingerprint density at radius 2 is 1.65 bits per heavy atom. The van der Waals surface area contributed by atoms with Gasteiger partial charge in [0.15, 0.2) is 0 Å². The number of para-hydroxylation sites is 1. The molecule has 0 aliphatic carbocycles. The first kappa shape index (κ1) is 14.0. The van der Waals surface area contributed by atoms with E-state index in [1.54, 1.807) is 0 Å². The van der Waals surface area contributed by atoms with E-state index in [2.05, 4.69) is 43.1 Å². The van der Waals surface area contributed by atoms with E-state index in [0.717, 1.165) is 13.1 Å². The first-order valence-corrected chi connectivity index (χ1v) is 6.72. The number of rotatable bonds is 8. The number of unbranched alkanes of at least 4 members (excludes halogenated alkanes) is 4. The maximum absolute atomic E-state index is 5.48. The molecule has 0 saturated carbocycles. The van der Waals surface area contributed by atoms with Crippen molar-refractivity contribution in [3.8, 4) is 0 Å². The summed E-state index contributed by atoms with van der Waals surface area (Å²) in [4.78, 5) is 2.36. The quantitative estimate of drug-likeness (QED) is 0.699. The second-order valence-corrected chi connectivity index (χ2v) is 4.76. The zero-order valence-corrected chi connectivity index (χ0v) is 11.3. The fourth-order valence-corrected chi connectivity index (χ4v) is 2.14. The molecular formula is C15H26N2. The molecule has 0 radical (unpaired) electrons. The number of benzene rings is 1. The normalized spacial score (nSPS) is 10.5. The van der Waals surface area contributed by atoms with Crippen LogP contribution < -0.4 is 10.6 Å². The van der Waals surface area contributed by atoms with Crippen molar-refractivity contribution in [3.05, 3.63) is 29.8 Å². The van der Waals surface area contributed by atoms with Gasteiger partial charge in [0.25, 0.3) is 0 Å². The van der Waals surface area contributed by atoms with Crippen LogP contribution in [0.25, 0.3) is 0 Å². The van der Waals surface area contributed by atoms with Gasteiger partial charge in [0, 0.05) is 19.3 Å². The highest BCUT2D eigenvalue weighted by atomic mass is 15.1. The van der Waals surface area contributed by atoms with Crippen LogP contribution >= 0.6 is 0 Å². The van der Waals surface area contributed by atoms with E-state index in [0.29, 0.717) is 0 Å². The summed E-state index contributed by atoms with van der Waals surface area (Å²) in [6.07, 6.45) is 6.36. The number of hydrogen-bond acceptors (Lipinski definition) is 2. The average molecular weight is 234 g/mol. The van der Waals surface area contributed by atoms with Crippen molar-refractivity contribution < 1.29 is 0 Å². The van der Waals surface area contributed by atoms with Gasteiger partial charge in [0.1, 0.15) is 0 Å². The van der Waals surface area contributed by atoms with Crippen LogP contribution in [0.1, 0.15) is 37.7 Å². The van der Waals surface area contributed by atoms with Crippen LogP contribution in [0.15, 0.2) is 24.3 Å². The lowest BCUT2D eigenvalue weighted by Crippen LogP contribution is -2.19. The van der Waals surface area contributed by atoms with E-state index in [1.807, 2.05) is 0 Å². The average Bonchev–Trinajstić information content (AvgIpc) is 2.34. The maximum Gasteiger partial charge on any atom is 0.0393 e. The van der Waals surface area contributed by atoms with E-state index >= 15 is 0 Å². The Balaban J connectivity index is 2.21. The lowest BCUT2D eigenvalue weighted by Gasteiger charge is -2.21. The zero-order chi connectivity index (χ0) is 12.5. The Bertz CT molecular complexity index is 310. The van der Waals surface area contributed by atoms with E-state index in [1.165, 1.54) is 43.4 Å². The lowest BCUT2D eigenvalue weighted by molar-refractivity contribution is 0.616. The van der Waals surface area contributed by atoms with Gasteiger partial charge in [0.05, 0.1) is 0 Å². The highest BCUT2D eigenvalue weighted by molar-refractivity contribution is 5.52. The molecule has 0 amide bonds. The highest BCUT2D eigenvalue weighted by Gasteiger charge is 2.02. The van der Waals surface area contributed by atoms with Gasteiger partial charge in [0.2, 0.25) is 0 Å². The summed E-state index contributed by atoms with van der Waals surface area (Å²) >= 11 is 0. The fourth-order valence-electron chi connectivity index (χ4n) is 2.14. The third-order valence-electron chi connectivity index (χ3n) is 3.22. The summed E-state index contributed by atoms with van der Waals surface area (Å²) in [5.41, 5.74) is 8.19. The molecule has 2 nitrogen and oxygen atoms in total. The first-order chi connectivity index (χ1) is 8.25. The Morgan fingerprint density at radius 1 is 1.00 bits per heavy atom. The summed E-state index contributed by atoms with van der Waals surface area (Å²) < 4.78 is 0. The number of anilines is 1. The number of aryl methyl sites for hydroxylation is 1. The molecular weight excluding hydrogens is 208 g/mol. The SMILES string of the molecule is Cc1ccccc1N(C)CCCCCCCN. The van der Waals surface area contributed by atoms with Gasteiger partial charge in [-0.15, -0.1) is 0 Å². The van der Waals surface area contributed by atoms with E-state index in [4.69, 9.17) is 5.73 Å². The van der Waals surface area contributed by atoms with Gasteiger partial charge in [-0.2, -0.15) is 0 Å². The van der Waals surface area contributed by atoms with Crippen LogP contribution in [-0.4, -0.2) is 20.1 Å². The molecule has 0 aromatic heterocycles. The van der Waals surface area contributed by atoms with Crippen molar-refractivity contribution in [3.63, 3.8) is 0 Å². The molecule has 1 rings (SSSR count). The van der Waals surface area contributed by atoms with Crippen molar-refractivity contribution in [1.29, 1.82) is 0 Å². The lowest BCUT2D eigenvalue weighted by atomic mass is 10.1. The molecule has 96 valence electrons. The van der Waals surface area contributed by atoms with E-state index in [-0.39, 0.29) is 0 Å². The standard InChI is InChI=1S/C15H26N2/c1-14-10-6-7-11-15(14)17(2)13-9-5-3-4-8-12-16/h6-7,10-11H,3-5,8-9,12-13,16H2,1-2H3. The van der Waals surface area contributed by atoms with E-state index < -0.39 is 0 Å². The number of hydrogen-bond donors (Lipinski definition) is 1. The van der Waals surface area contributed by atoms with Crippen LogP contribution in [-0.2, 0) is 0 Å². The third-order valence-corrected chi connectivity index (χ3v) is 3.22. The van der Waals surface area contributed by atoms with Gasteiger partial charge in [-0.25, -0.2) is 0 Å². The molecule has 2 heteroatoms. The molecule has 1 aromatic rings. The molecule has 0 atom stereocenters. The fraction of sp³-hybridized carbons (Fsp3) is 0.600. The summed E-state index contributed by atoms with van der Waals surface area (Å²) in [5.74, 6) is 0. The molecule has 0 aliphatic rings. The summed E-state index contributed by atoms with van der Waals surface area (Å²) in [7, 11) is 2.18. The van der Waals surface area contributed by atoms with Crippen molar-refractivity contribution in [2.24, 2.45) is 5.73 Å². The van der Waals surface area contributed by atoms with Crippen LogP contribution in [0.5, 0.6) is 0 Å². The van der Waals surface area contributed by atoms with Gasteiger partial charge in [-0.1, -0.05) is 37.5 Å². The Hall–Kier alpha value is -1.02.